The molecule has 0 heterocycles. The van der Waals surface area contributed by atoms with E-state index in [1.54, 1.807) is 37.3 Å². The van der Waals surface area contributed by atoms with Gasteiger partial charge >= 0.3 is 0 Å². The predicted octanol–water partition coefficient (Wildman–Crippen LogP) is 1.89. The molecule has 5 N–H and O–H groups in total. The molecule has 20 heavy (non-hydrogen) atoms. The number of allylic oxidation sites excluding steroid dienone is 1. The zero-order valence-corrected chi connectivity index (χ0v) is 13.4. The third-order valence-electron chi connectivity index (χ3n) is 2.54. The molecule has 0 radical (unpaired) electrons. The molecule has 1 aromatic carbocycles. The van der Waals surface area contributed by atoms with Gasteiger partial charge in [0, 0.05) is 5.56 Å². The monoisotopic (exact) mass is 339 g/mol. The predicted molar refractivity (Wildman–Crippen MR) is 88.2 cm³/mol. The van der Waals surface area contributed by atoms with Crippen LogP contribution in [0.4, 0.5) is 0 Å². The van der Waals surface area contributed by atoms with Crippen LogP contribution in [0.3, 0.4) is 0 Å². The summed E-state index contributed by atoms with van der Waals surface area (Å²) in [5, 5.41) is 11.7. The molecule has 0 aromatic heterocycles. The largest absolute Gasteiger partial charge is 0.384 e. The van der Waals surface area contributed by atoms with Crippen molar-refractivity contribution in [3.05, 3.63) is 41.5 Å². The number of amidine groups is 1. The minimum absolute atomic E-state index is 0. The normalized spacial score (nSPS) is 12.3. The highest BCUT2D eigenvalue weighted by atomic mass is 35.5. The average molecular weight is 340 g/mol. The second-order valence-electron chi connectivity index (χ2n) is 4.08. The summed E-state index contributed by atoms with van der Waals surface area (Å²) in [4.78, 5) is 0. The molecular weight excluding hydrogens is 321 g/mol. The zero-order chi connectivity index (χ0) is 13.8. The summed E-state index contributed by atoms with van der Waals surface area (Å²) >= 11 is 0. The minimum atomic E-state index is -3.48. The Balaban J connectivity index is 0. The van der Waals surface area contributed by atoms with Gasteiger partial charge in [0.15, 0.2) is 0 Å². The van der Waals surface area contributed by atoms with Crippen LogP contribution in [0.1, 0.15) is 24.5 Å². The van der Waals surface area contributed by atoms with Crippen molar-refractivity contribution in [3.63, 3.8) is 0 Å². The molecule has 0 saturated carbocycles. The number of primary sulfonamides is 1. The highest BCUT2D eigenvalue weighted by Gasteiger charge is 2.12. The summed E-state index contributed by atoms with van der Waals surface area (Å²) < 4.78 is 22.0. The molecule has 0 fully saturated rings. The second-order valence-corrected chi connectivity index (χ2v) is 6.06. The van der Waals surface area contributed by atoms with Crippen molar-refractivity contribution in [1.29, 1.82) is 5.41 Å². The SMILES string of the molecule is CC(C/C=C/c1cccc(C(=N)N)c1)S(N)(=O)=O.Cl.Cl. The summed E-state index contributed by atoms with van der Waals surface area (Å²) in [5.74, 6) is 0.00292. The molecule has 0 aliphatic rings. The first-order valence-corrected chi connectivity index (χ1v) is 7.04. The quantitative estimate of drug-likeness (QED) is 0.562. The van der Waals surface area contributed by atoms with E-state index in [4.69, 9.17) is 16.3 Å². The molecular formula is C12H19Cl2N3O2S. The number of nitrogens with two attached hydrogens (primary N) is 2. The van der Waals surface area contributed by atoms with Gasteiger partial charge in [-0.05, 0) is 25.0 Å². The van der Waals surface area contributed by atoms with Crippen molar-refractivity contribution >= 4 is 46.7 Å². The van der Waals surface area contributed by atoms with Gasteiger partial charge in [-0.15, -0.1) is 24.8 Å². The van der Waals surface area contributed by atoms with Crippen LogP contribution >= 0.6 is 24.8 Å². The lowest BCUT2D eigenvalue weighted by molar-refractivity contribution is 0.585. The molecule has 0 amide bonds. The van der Waals surface area contributed by atoms with Gasteiger partial charge in [0.05, 0.1) is 5.25 Å². The highest BCUT2D eigenvalue weighted by Crippen LogP contribution is 2.09. The lowest BCUT2D eigenvalue weighted by Crippen LogP contribution is -2.25. The fraction of sp³-hybridized carbons (Fsp3) is 0.250. The number of nitrogen functional groups attached to an aromatic ring is 1. The molecule has 1 aromatic rings. The van der Waals surface area contributed by atoms with E-state index >= 15 is 0 Å². The molecule has 1 rings (SSSR count). The Labute approximate surface area is 131 Å². The summed E-state index contributed by atoms with van der Waals surface area (Å²) in [7, 11) is -3.48. The number of benzene rings is 1. The summed E-state index contributed by atoms with van der Waals surface area (Å²) in [6, 6.07) is 7.15. The van der Waals surface area contributed by atoms with Crippen LogP contribution < -0.4 is 10.9 Å². The maximum Gasteiger partial charge on any atom is 0.211 e. The molecule has 8 heteroatoms. The number of sulfonamides is 1. The first-order valence-electron chi connectivity index (χ1n) is 5.43. The van der Waals surface area contributed by atoms with Crippen molar-refractivity contribution < 1.29 is 8.42 Å². The average Bonchev–Trinajstić information content (AvgIpc) is 2.28. The van der Waals surface area contributed by atoms with Gasteiger partial charge in [-0.1, -0.05) is 30.4 Å². The van der Waals surface area contributed by atoms with Gasteiger partial charge < -0.3 is 5.73 Å². The molecule has 0 bridgehead atoms. The number of hydrogen-bond donors (Lipinski definition) is 3. The van der Waals surface area contributed by atoms with E-state index in [0.717, 1.165) is 5.56 Å². The zero-order valence-electron chi connectivity index (χ0n) is 10.9. The molecule has 1 unspecified atom stereocenters. The summed E-state index contributed by atoms with van der Waals surface area (Å²) in [6.45, 7) is 1.56. The van der Waals surface area contributed by atoms with E-state index in [1.165, 1.54) is 0 Å². The van der Waals surface area contributed by atoms with E-state index in [-0.39, 0.29) is 30.6 Å². The fourth-order valence-electron chi connectivity index (χ4n) is 1.34. The Morgan fingerprint density at radius 2 is 2.00 bits per heavy atom. The maximum atomic E-state index is 11.0. The Kier molecular flexibility index (Phi) is 9.51. The van der Waals surface area contributed by atoms with Crippen molar-refractivity contribution in [1.82, 2.24) is 0 Å². The topological polar surface area (TPSA) is 110 Å². The third-order valence-corrected chi connectivity index (χ3v) is 3.85. The number of halogens is 2. The second kappa shape index (κ2) is 8.97. The van der Waals surface area contributed by atoms with Crippen LogP contribution in [-0.2, 0) is 10.0 Å². The minimum Gasteiger partial charge on any atom is -0.384 e. The van der Waals surface area contributed by atoms with E-state index < -0.39 is 15.3 Å². The van der Waals surface area contributed by atoms with Gasteiger partial charge in [-0.3, -0.25) is 5.41 Å². The molecule has 1 atom stereocenters. The molecule has 0 aliphatic heterocycles. The molecule has 5 nitrogen and oxygen atoms in total. The van der Waals surface area contributed by atoms with Crippen LogP contribution in [0.5, 0.6) is 0 Å². The summed E-state index contributed by atoms with van der Waals surface area (Å²) in [5.41, 5.74) is 6.88. The Morgan fingerprint density at radius 3 is 2.50 bits per heavy atom. The van der Waals surface area contributed by atoms with Crippen molar-refractivity contribution in [2.24, 2.45) is 10.9 Å². The van der Waals surface area contributed by atoms with Crippen molar-refractivity contribution in [2.45, 2.75) is 18.6 Å². The molecule has 114 valence electrons. The van der Waals surface area contributed by atoms with Crippen LogP contribution in [-0.4, -0.2) is 19.5 Å². The van der Waals surface area contributed by atoms with E-state index in [9.17, 15) is 8.42 Å². The van der Waals surface area contributed by atoms with Gasteiger partial charge in [-0.2, -0.15) is 0 Å². The van der Waals surface area contributed by atoms with E-state index in [0.29, 0.717) is 12.0 Å². The van der Waals surface area contributed by atoms with Gasteiger partial charge in [0.1, 0.15) is 5.84 Å². The molecule has 0 aliphatic carbocycles. The standard InChI is InChI=1S/C12H17N3O2S.2ClH/c1-9(18(15,16)17)4-2-5-10-6-3-7-11(8-10)12(13)14;;/h2-3,5-9H,4H2,1H3,(H3,13,14)(H2,15,16,17);2*1H/b5-2+;;. The third kappa shape index (κ3) is 6.91. The number of rotatable bonds is 5. The van der Waals surface area contributed by atoms with Crippen LogP contribution in [0.15, 0.2) is 30.3 Å². The lowest BCUT2D eigenvalue weighted by Gasteiger charge is -2.04. The number of hydrogen-bond acceptors (Lipinski definition) is 3. The first kappa shape index (κ1) is 21.2. The first-order chi connectivity index (χ1) is 8.30. The molecule has 0 spiro atoms. The van der Waals surface area contributed by atoms with Crippen LogP contribution in [0.2, 0.25) is 0 Å². The van der Waals surface area contributed by atoms with Crippen LogP contribution in [0.25, 0.3) is 6.08 Å². The Hall–Kier alpha value is -1.08. The van der Waals surface area contributed by atoms with Crippen molar-refractivity contribution in [3.8, 4) is 0 Å². The van der Waals surface area contributed by atoms with E-state index in [1.807, 2.05) is 6.07 Å². The Morgan fingerprint density at radius 1 is 1.40 bits per heavy atom. The summed E-state index contributed by atoms with van der Waals surface area (Å²) in [6.07, 6.45) is 3.88. The Bertz CT molecular complexity index is 574. The van der Waals surface area contributed by atoms with Gasteiger partial charge in [0.25, 0.3) is 0 Å². The van der Waals surface area contributed by atoms with Gasteiger partial charge in [-0.25, -0.2) is 13.6 Å². The van der Waals surface area contributed by atoms with Crippen molar-refractivity contribution in [2.75, 3.05) is 0 Å². The van der Waals surface area contributed by atoms with E-state index in [2.05, 4.69) is 0 Å². The highest BCUT2D eigenvalue weighted by molar-refractivity contribution is 7.89. The smallest absolute Gasteiger partial charge is 0.211 e. The van der Waals surface area contributed by atoms with Gasteiger partial charge in [0.2, 0.25) is 10.0 Å². The maximum absolute atomic E-state index is 11.0. The molecule has 0 saturated heterocycles. The lowest BCUT2D eigenvalue weighted by atomic mass is 10.1. The van der Waals surface area contributed by atoms with Crippen LogP contribution in [0, 0.1) is 5.41 Å². The fourth-order valence-corrected chi connectivity index (χ4v) is 1.72. The number of nitrogens with one attached hydrogen (secondary N) is 1.